The average molecular weight is 467 g/mol. The van der Waals surface area contributed by atoms with Crippen molar-refractivity contribution in [3.63, 3.8) is 0 Å². The van der Waals surface area contributed by atoms with Gasteiger partial charge in [-0.1, -0.05) is 6.07 Å². The molecule has 0 aliphatic carbocycles. The number of benzene rings is 1. The number of carbonyl (C=O) groups is 1. The van der Waals surface area contributed by atoms with Crippen molar-refractivity contribution in [3.05, 3.63) is 95.8 Å². The number of anilines is 1. The fourth-order valence-electron chi connectivity index (χ4n) is 4.21. The van der Waals surface area contributed by atoms with Gasteiger partial charge in [0.2, 0.25) is 0 Å². The number of aromatic nitrogens is 4. The van der Waals surface area contributed by atoms with Crippen molar-refractivity contribution in [2.75, 3.05) is 31.1 Å². The molecule has 0 atom stereocenters. The molecule has 0 unspecified atom stereocenters. The van der Waals surface area contributed by atoms with E-state index >= 15 is 0 Å². The Morgan fingerprint density at radius 2 is 1.83 bits per heavy atom. The zero-order valence-electron chi connectivity index (χ0n) is 19.5. The van der Waals surface area contributed by atoms with E-state index in [9.17, 15) is 9.90 Å². The molecule has 1 amide bonds. The lowest BCUT2D eigenvalue weighted by Gasteiger charge is -2.35. The molecule has 4 heterocycles. The number of rotatable bonds is 5. The Bertz CT molecular complexity index is 1320. The minimum absolute atomic E-state index is 0.0228. The highest BCUT2D eigenvalue weighted by atomic mass is 16.3. The van der Waals surface area contributed by atoms with Crippen LogP contribution in [0.25, 0.3) is 11.3 Å². The number of amides is 1. The summed E-state index contributed by atoms with van der Waals surface area (Å²) in [4.78, 5) is 34.9. The summed E-state index contributed by atoms with van der Waals surface area (Å²) < 4.78 is 0. The average Bonchev–Trinajstić information content (AvgIpc) is 2.91. The number of hydrogen-bond donors (Lipinski definition) is 1. The molecular formula is C27H26N6O2. The Kier molecular flexibility index (Phi) is 6.34. The molecule has 1 aliphatic rings. The third-order valence-corrected chi connectivity index (χ3v) is 6.23. The lowest BCUT2D eigenvalue weighted by atomic mass is 10.0. The van der Waals surface area contributed by atoms with Crippen molar-refractivity contribution >= 4 is 11.7 Å². The smallest absolute Gasteiger partial charge is 0.253 e. The van der Waals surface area contributed by atoms with E-state index in [1.165, 1.54) is 6.20 Å². The quantitative estimate of drug-likeness (QED) is 0.481. The van der Waals surface area contributed by atoms with Crippen molar-refractivity contribution in [1.29, 1.82) is 0 Å². The molecule has 1 N–H and O–H groups in total. The highest BCUT2D eigenvalue weighted by molar-refractivity contribution is 5.94. The van der Waals surface area contributed by atoms with E-state index in [2.05, 4.69) is 19.9 Å². The molecule has 1 saturated heterocycles. The first-order valence-corrected chi connectivity index (χ1v) is 11.6. The largest absolute Gasteiger partial charge is 0.506 e. The summed E-state index contributed by atoms with van der Waals surface area (Å²) >= 11 is 0. The molecule has 0 saturated carbocycles. The zero-order chi connectivity index (χ0) is 24.2. The lowest BCUT2D eigenvalue weighted by Crippen LogP contribution is -2.49. The van der Waals surface area contributed by atoms with Gasteiger partial charge in [0, 0.05) is 62.3 Å². The maximum Gasteiger partial charge on any atom is 0.253 e. The van der Waals surface area contributed by atoms with Crippen LogP contribution >= 0.6 is 0 Å². The molecule has 176 valence electrons. The topological polar surface area (TPSA) is 95.3 Å². The van der Waals surface area contributed by atoms with E-state index in [0.29, 0.717) is 44.0 Å². The van der Waals surface area contributed by atoms with Gasteiger partial charge in [-0.25, -0.2) is 15.0 Å². The van der Waals surface area contributed by atoms with E-state index in [4.69, 9.17) is 4.98 Å². The molecule has 5 rings (SSSR count). The number of carbonyl (C=O) groups excluding carboxylic acids is 1. The molecular weight excluding hydrogens is 440 g/mol. The van der Waals surface area contributed by atoms with Crippen molar-refractivity contribution in [3.8, 4) is 17.0 Å². The summed E-state index contributed by atoms with van der Waals surface area (Å²) in [5.74, 6) is 1.68. The third-order valence-electron chi connectivity index (χ3n) is 6.23. The first-order chi connectivity index (χ1) is 17.1. The minimum atomic E-state index is 0.0228. The Morgan fingerprint density at radius 3 is 2.57 bits per heavy atom. The van der Waals surface area contributed by atoms with Gasteiger partial charge in [-0.2, -0.15) is 0 Å². The normalized spacial score (nSPS) is 13.6. The number of aryl methyl sites for hydroxylation is 1. The van der Waals surface area contributed by atoms with Crippen LogP contribution in [0, 0.1) is 6.92 Å². The van der Waals surface area contributed by atoms with Gasteiger partial charge in [0.15, 0.2) is 0 Å². The van der Waals surface area contributed by atoms with Crippen LogP contribution in [0.15, 0.2) is 73.3 Å². The van der Waals surface area contributed by atoms with E-state index in [-0.39, 0.29) is 11.7 Å². The van der Waals surface area contributed by atoms with Gasteiger partial charge in [-0.05, 0) is 60.5 Å². The summed E-state index contributed by atoms with van der Waals surface area (Å²) in [5, 5.41) is 9.45. The standard InChI is InChI=1S/C27H26N6O2/c1-19-4-5-20(27(35)33-13-11-32(12-14-33)26-7-6-23(34)18-30-26)15-22(19)16-25-29-10-8-24(31-25)21-3-2-9-28-17-21/h2-10,15,17-18,34H,11-14,16H2,1H3. The highest BCUT2D eigenvalue weighted by Gasteiger charge is 2.23. The van der Waals surface area contributed by atoms with Crippen LogP contribution in [0.4, 0.5) is 5.82 Å². The Hall–Kier alpha value is -4.33. The first-order valence-electron chi connectivity index (χ1n) is 11.6. The summed E-state index contributed by atoms with van der Waals surface area (Å²) in [6.45, 7) is 4.65. The monoisotopic (exact) mass is 466 g/mol. The zero-order valence-corrected chi connectivity index (χ0v) is 19.5. The number of pyridine rings is 2. The minimum Gasteiger partial charge on any atom is -0.506 e. The summed E-state index contributed by atoms with van der Waals surface area (Å²) in [6.07, 6.45) is 7.27. The van der Waals surface area contributed by atoms with Gasteiger partial charge in [0.05, 0.1) is 11.9 Å². The molecule has 1 aromatic carbocycles. The summed E-state index contributed by atoms with van der Waals surface area (Å²) in [6, 6.07) is 15.0. The molecule has 1 aliphatic heterocycles. The second-order valence-electron chi connectivity index (χ2n) is 8.57. The predicted octanol–water partition coefficient (Wildman–Crippen LogP) is 3.50. The SMILES string of the molecule is Cc1ccc(C(=O)N2CCN(c3ccc(O)cn3)CC2)cc1Cc1nccc(-c2cccnc2)n1. The van der Waals surface area contributed by atoms with E-state index in [1.54, 1.807) is 30.7 Å². The fraction of sp³-hybridized carbons (Fsp3) is 0.222. The van der Waals surface area contributed by atoms with Gasteiger partial charge in [0.1, 0.15) is 17.4 Å². The van der Waals surface area contributed by atoms with Crippen LogP contribution in [-0.2, 0) is 6.42 Å². The van der Waals surface area contributed by atoms with E-state index in [0.717, 1.165) is 28.2 Å². The molecule has 4 aromatic rings. The van der Waals surface area contributed by atoms with Gasteiger partial charge >= 0.3 is 0 Å². The maximum absolute atomic E-state index is 13.3. The van der Waals surface area contributed by atoms with Crippen LogP contribution in [0.5, 0.6) is 5.75 Å². The van der Waals surface area contributed by atoms with Crippen LogP contribution in [0.2, 0.25) is 0 Å². The van der Waals surface area contributed by atoms with Crippen LogP contribution in [0.3, 0.4) is 0 Å². The Balaban J connectivity index is 1.28. The molecule has 8 heteroatoms. The van der Waals surface area contributed by atoms with Crippen molar-refractivity contribution < 1.29 is 9.90 Å². The lowest BCUT2D eigenvalue weighted by molar-refractivity contribution is 0.0746. The maximum atomic E-state index is 13.3. The second-order valence-corrected chi connectivity index (χ2v) is 8.57. The fourth-order valence-corrected chi connectivity index (χ4v) is 4.21. The van der Waals surface area contributed by atoms with Crippen molar-refractivity contribution in [1.82, 2.24) is 24.8 Å². The Morgan fingerprint density at radius 1 is 0.971 bits per heavy atom. The van der Waals surface area contributed by atoms with Gasteiger partial charge in [0.25, 0.3) is 5.91 Å². The van der Waals surface area contributed by atoms with Gasteiger partial charge in [-0.3, -0.25) is 9.78 Å². The van der Waals surface area contributed by atoms with Gasteiger partial charge < -0.3 is 14.9 Å². The van der Waals surface area contributed by atoms with Gasteiger partial charge in [-0.15, -0.1) is 0 Å². The summed E-state index contributed by atoms with van der Waals surface area (Å²) in [5.41, 5.74) is 4.57. The molecule has 0 bridgehead atoms. The number of piperazine rings is 1. The second kappa shape index (κ2) is 9.89. The summed E-state index contributed by atoms with van der Waals surface area (Å²) in [7, 11) is 0. The van der Waals surface area contributed by atoms with E-state index < -0.39 is 0 Å². The first kappa shape index (κ1) is 22.5. The third kappa shape index (κ3) is 5.11. The molecule has 0 spiro atoms. The molecule has 3 aromatic heterocycles. The highest BCUT2D eigenvalue weighted by Crippen LogP contribution is 2.21. The molecule has 0 radical (unpaired) electrons. The number of hydrogen-bond acceptors (Lipinski definition) is 7. The van der Waals surface area contributed by atoms with Crippen LogP contribution in [-0.4, -0.2) is 62.0 Å². The Labute approximate surface area is 204 Å². The van der Waals surface area contributed by atoms with Crippen LogP contribution in [0.1, 0.15) is 27.3 Å². The molecule has 1 fully saturated rings. The van der Waals surface area contributed by atoms with Crippen molar-refractivity contribution in [2.45, 2.75) is 13.3 Å². The molecule has 8 nitrogen and oxygen atoms in total. The molecule has 35 heavy (non-hydrogen) atoms. The van der Waals surface area contributed by atoms with Crippen LogP contribution < -0.4 is 4.90 Å². The number of aromatic hydroxyl groups is 1. The predicted molar refractivity (Wildman–Crippen MR) is 133 cm³/mol. The van der Waals surface area contributed by atoms with Crippen molar-refractivity contribution in [2.24, 2.45) is 0 Å². The number of nitrogens with zero attached hydrogens (tertiary/aromatic N) is 6. The van der Waals surface area contributed by atoms with E-state index in [1.807, 2.05) is 48.2 Å².